The molecular formula is C4H6F3N. The molecule has 1 unspecified atom stereocenters. The van der Waals surface area contributed by atoms with Crippen LogP contribution in [0.1, 0.15) is 6.92 Å². The van der Waals surface area contributed by atoms with Crippen LogP contribution < -0.4 is 5.73 Å². The number of halogens is 3. The van der Waals surface area contributed by atoms with E-state index in [1.54, 1.807) is 0 Å². The Kier molecular flexibility index (Phi) is 2.37. The van der Waals surface area contributed by atoms with Crippen LogP contribution in [0.4, 0.5) is 13.2 Å². The fraction of sp³-hybridized carbons (Fsp3) is 0.500. The summed E-state index contributed by atoms with van der Waals surface area (Å²) in [7, 11) is 0. The maximum absolute atomic E-state index is 11.7. The fourth-order valence-electron chi connectivity index (χ4n) is 0.190. The van der Waals surface area contributed by atoms with E-state index in [0.29, 0.717) is 0 Å². The summed E-state index contributed by atoms with van der Waals surface area (Å²) < 4.78 is 34.6. The van der Waals surface area contributed by atoms with Crippen molar-refractivity contribution in [2.75, 3.05) is 0 Å². The number of hydrogen-bond acceptors (Lipinski definition) is 1. The second-order valence-electron chi connectivity index (χ2n) is 1.31. The third-order valence-electron chi connectivity index (χ3n) is 0.577. The van der Waals surface area contributed by atoms with E-state index in [-0.39, 0.29) is 0 Å². The van der Waals surface area contributed by atoms with E-state index in [4.69, 9.17) is 0 Å². The molecule has 4 heteroatoms. The minimum absolute atomic E-state index is 0.863. The molecule has 0 spiro atoms. The van der Waals surface area contributed by atoms with Crippen molar-refractivity contribution >= 4 is 0 Å². The zero-order valence-electron chi connectivity index (χ0n) is 4.29. The smallest absolute Gasteiger partial charge is 0.219 e. The summed E-state index contributed by atoms with van der Waals surface area (Å²) in [4.78, 5) is 0. The molecule has 1 atom stereocenters. The van der Waals surface area contributed by atoms with Gasteiger partial charge < -0.3 is 5.73 Å². The number of allylic oxidation sites excluding steroid dienone is 1. The minimum Gasteiger partial charge on any atom is -0.373 e. The molecule has 0 bridgehead atoms. The first-order valence-electron chi connectivity index (χ1n) is 2.00. The van der Waals surface area contributed by atoms with Crippen molar-refractivity contribution in [1.29, 1.82) is 0 Å². The first kappa shape index (κ1) is 7.33. The van der Waals surface area contributed by atoms with Crippen LogP contribution >= 0.6 is 0 Å². The van der Waals surface area contributed by atoms with E-state index in [2.05, 4.69) is 5.73 Å². The maximum Gasteiger partial charge on any atom is 0.219 e. The first-order valence-corrected chi connectivity index (χ1v) is 2.00. The Labute approximate surface area is 45.0 Å². The molecule has 0 radical (unpaired) electrons. The highest BCUT2D eigenvalue weighted by atomic mass is 19.2. The van der Waals surface area contributed by atoms with Crippen molar-refractivity contribution in [2.45, 2.75) is 13.1 Å². The molecular weight excluding hydrogens is 119 g/mol. The average molecular weight is 125 g/mol. The Hall–Kier alpha value is -0.670. The van der Waals surface area contributed by atoms with Crippen LogP contribution in [0.5, 0.6) is 0 Å². The van der Waals surface area contributed by atoms with Crippen LogP contribution in [0.25, 0.3) is 0 Å². The first-order chi connectivity index (χ1) is 3.55. The third kappa shape index (κ3) is 1.86. The molecule has 0 rings (SSSR count). The molecule has 0 aromatic carbocycles. The van der Waals surface area contributed by atoms with Crippen LogP contribution in [-0.2, 0) is 0 Å². The molecule has 0 aromatic rings. The highest BCUT2D eigenvalue weighted by molar-refractivity contribution is 4.99. The van der Waals surface area contributed by atoms with Crippen molar-refractivity contribution in [3.63, 3.8) is 0 Å². The highest BCUT2D eigenvalue weighted by Gasteiger charge is 2.09. The number of hydrogen-bond donors (Lipinski definition) is 1. The van der Waals surface area contributed by atoms with Gasteiger partial charge in [0.25, 0.3) is 0 Å². The second kappa shape index (κ2) is 2.59. The van der Waals surface area contributed by atoms with Gasteiger partial charge in [-0.25, -0.2) is 8.78 Å². The molecule has 0 fully saturated rings. The summed E-state index contributed by atoms with van der Waals surface area (Å²) in [5, 5.41) is 0. The van der Waals surface area contributed by atoms with Gasteiger partial charge in [0.1, 0.15) is 0 Å². The third-order valence-corrected chi connectivity index (χ3v) is 0.577. The van der Waals surface area contributed by atoms with Gasteiger partial charge in [0.2, 0.25) is 5.95 Å². The molecule has 0 amide bonds. The molecule has 0 aliphatic carbocycles. The Morgan fingerprint density at radius 1 is 1.50 bits per heavy atom. The zero-order chi connectivity index (χ0) is 6.73. The van der Waals surface area contributed by atoms with Crippen molar-refractivity contribution in [1.82, 2.24) is 0 Å². The van der Waals surface area contributed by atoms with E-state index >= 15 is 0 Å². The lowest BCUT2D eigenvalue weighted by Gasteiger charge is -1.94. The van der Waals surface area contributed by atoms with Crippen LogP contribution in [0.15, 0.2) is 11.8 Å². The van der Waals surface area contributed by atoms with Crippen LogP contribution in [-0.4, -0.2) is 6.17 Å². The van der Waals surface area contributed by atoms with Crippen molar-refractivity contribution in [2.24, 2.45) is 5.73 Å². The lowest BCUT2D eigenvalue weighted by molar-refractivity contribution is 0.332. The summed E-state index contributed by atoms with van der Waals surface area (Å²) in [5.74, 6) is -3.12. The normalized spacial score (nSPS) is 17.5. The van der Waals surface area contributed by atoms with Gasteiger partial charge in [-0.2, -0.15) is 4.39 Å². The quantitative estimate of drug-likeness (QED) is 0.527. The van der Waals surface area contributed by atoms with Gasteiger partial charge in [-0.15, -0.1) is 0 Å². The van der Waals surface area contributed by atoms with Gasteiger partial charge in [-0.1, -0.05) is 0 Å². The Morgan fingerprint density at radius 2 is 1.88 bits per heavy atom. The fourth-order valence-corrected chi connectivity index (χ4v) is 0.190. The molecule has 0 saturated heterocycles. The summed E-state index contributed by atoms with van der Waals surface area (Å²) in [5.41, 5.74) is 4.23. The average Bonchev–Trinajstić information content (AvgIpc) is 1.64. The van der Waals surface area contributed by atoms with Crippen LogP contribution in [0, 0.1) is 0 Å². The van der Waals surface area contributed by atoms with E-state index < -0.39 is 17.9 Å². The molecule has 2 N–H and O–H groups in total. The SMILES string of the molecule is CC(F)C(F)=C(N)F. The summed E-state index contributed by atoms with van der Waals surface area (Å²) >= 11 is 0. The summed E-state index contributed by atoms with van der Waals surface area (Å²) in [6.07, 6.45) is -1.94. The monoisotopic (exact) mass is 125 g/mol. The van der Waals surface area contributed by atoms with Gasteiger partial charge in [-0.3, -0.25) is 0 Å². The number of alkyl halides is 1. The summed E-state index contributed by atoms with van der Waals surface area (Å²) in [6, 6.07) is 0. The van der Waals surface area contributed by atoms with E-state index in [1.165, 1.54) is 0 Å². The standard InChI is InChI=1S/C4H6F3N/c1-2(5)3(6)4(7)8/h2H,8H2,1H3. The Balaban J connectivity index is 4.00. The largest absolute Gasteiger partial charge is 0.373 e. The molecule has 0 saturated carbocycles. The molecule has 0 heterocycles. The van der Waals surface area contributed by atoms with Gasteiger partial charge in [-0.05, 0) is 6.92 Å². The lowest BCUT2D eigenvalue weighted by Crippen LogP contribution is -2.01. The van der Waals surface area contributed by atoms with Gasteiger partial charge in [0.15, 0.2) is 12.0 Å². The van der Waals surface area contributed by atoms with E-state index in [0.717, 1.165) is 6.92 Å². The minimum atomic E-state index is -1.94. The van der Waals surface area contributed by atoms with E-state index in [9.17, 15) is 13.2 Å². The molecule has 1 nitrogen and oxygen atoms in total. The predicted octanol–water partition coefficient (Wildman–Crippen LogP) is 1.41. The van der Waals surface area contributed by atoms with Crippen LogP contribution in [0.2, 0.25) is 0 Å². The number of rotatable bonds is 1. The van der Waals surface area contributed by atoms with Gasteiger partial charge >= 0.3 is 0 Å². The molecule has 8 heavy (non-hydrogen) atoms. The Morgan fingerprint density at radius 3 is 1.88 bits per heavy atom. The molecule has 0 aliphatic rings. The van der Waals surface area contributed by atoms with Gasteiger partial charge in [0, 0.05) is 0 Å². The van der Waals surface area contributed by atoms with Crippen molar-refractivity contribution < 1.29 is 13.2 Å². The molecule has 48 valence electrons. The second-order valence-corrected chi connectivity index (χ2v) is 1.31. The Bertz CT molecular complexity index is 104. The van der Waals surface area contributed by atoms with Crippen molar-refractivity contribution in [3.05, 3.63) is 11.8 Å². The summed E-state index contributed by atoms with van der Waals surface area (Å²) in [6.45, 7) is 0.863. The van der Waals surface area contributed by atoms with Gasteiger partial charge in [0.05, 0.1) is 0 Å². The van der Waals surface area contributed by atoms with Crippen molar-refractivity contribution in [3.8, 4) is 0 Å². The van der Waals surface area contributed by atoms with E-state index in [1.807, 2.05) is 0 Å². The highest BCUT2D eigenvalue weighted by Crippen LogP contribution is 2.09. The maximum atomic E-state index is 11.7. The van der Waals surface area contributed by atoms with Crippen LogP contribution in [0.3, 0.4) is 0 Å². The lowest BCUT2D eigenvalue weighted by atomic mass is 10.4. The molecule has 0 aromatic heterocycles. The predicted molar refractivity (Wildman–Crippen MR) is 24.0 cm³/mol. The molecule has 0 aliphatic heterocycles. The topological polar surface area (TPSA) is 26.0 Å². The number of nitrogens with two attached hydrogens (primary N) is 1. The zero-order valence-corrected chi connectivity index (χ0v) is 4.29.